The van der Waals surface area contributed by atoms with E-state index >= 15 is 0 Å². The minimum absolute atomic E-state index is 0.112. The highest BCUT2D eigenvalue weighted by atomic mass is 35.5. The van der Waals surface area contributed by atoms with Crippen LogP contribution in [-0.2, 0) is 19.7 Å². The van der Waals surface area contributed by atoms with Crippen molar-refractivity contribution in [1.29, 1.82) is 0 Å². The van der Waals surface area contributed by atoms with Gasteiger partial charge in [-0.15, -0.1) is 0 Å². The lowest BCUT2D eigenvalue weighted by molar-refractivity contribution is 0.293. The van der Waals surface area contributed by atoms with Crippen LogP contribution >= 0.6 is 11.6 Å². The Morgan fingerprint density at radius 2 is 1.65 bits per heavy atom. The molecule has 31 heavy (non-hydrogen) atoms. The van der Waals surface area contributed by atoms with Gasteiger partial charge in [0, 0.05) is 18.8 Å². The van der Waals surface area contributed by atoms with Crippen LogP contribution in [0.3, 0.4) is 0 Å². The van der Waals surface area contributed by atoms with Gasteiger partial charge in [-0.3, -0.25) is 4.79 Å². The van der Waals surface area contributed by atoms with Gasteiger partial charge in [0.2, 0.25) is 5.88 Å². The van der Waals surface area contributed by atoms with Gasteiger partial charge in [0.15, 0.2) is 0 Å². The number of rotatable bonds is 8. The molecule has 0 saturated carbocycles. The quantitative estimate of drug-likeness (QED) is 0.443. The Morgan fingerprint density at radius 3 is 2.39 bits per heavy atom. The van der Waals surface area contributed by atoms with Crippen molar-refractivity contribution in [2.45, 2.75) is 19.7 Å². The Hall–Kier alpha value is -3.64. The maximum Gasteiger partial charge on any atom is 0.287 e. The summed E-state index contributed by atoms with van der Waals surface area (Å²) in [6, 6.07) is 23.3. The zero-order valence-corrected chi connectivity index (χ0v) is 17.5. The second-order valence-electron chi connectivity index (χ2n) is 6.95. The fourth-order valence-corrected chi connectivity index (χ4v) is 3.24. The van der Waals surface area contributed by atoms with Crippen LogP contribution in [0.4, 0.5) is 5.69 Å². The lowest BCUT2D eigenvalue weighted by Gasteiger charge is -2.11. The predicted octanol–water partition coefficient (Wildman–Crippen LogP) is 4.53. The van der Waals surface area contributed by atoms with Crippen molar-refractivity contribution in [3.63, 3.8) is 0 Å². The first-order valence-corrected chi connectivity index (χ1v) is 10.2. The molecule has 0 aliphatic heterocycles. The Morgan fingerprint density at radius 1 is 0.935 bits per heavy atom. The van der Waals surface area contributed by atoms with E-state index in [2.05, 4.69) is 15.4 Å². The number of aromatic nitrogens is 3. The van der Waals surface area contributed by atoms with Crippen LogP contribution in [0.1, 0.15) is 16.7 Å². The van der Waals surface area contributed by atoms with E-state index in [4.69, 9.17) is 16.3 Å². The smallest absolute Gasteiger partial charge is 0.287 e. The highest BCUT2D eigenvalue weighted by molar-refractivity contribution is 6.32. The molecular formula is C24H21ClN4O2. The number of nitrogens with zero attached hydrogens (tertiary/aromatic N) is 3. The molecule has 6 nitrogen and oxygen atoms in total. The molecule has 0 radical (unpaired) electrons. The van der Waals surface area contributed by atoms with Gasteiger partial charge in [-0.25, -0.2) is 9.67 Å². The van der Waals surface area contributed by atoms with Crippen LogP contribution in [0.15, 0.2) is 90.0 Å². The van der Waals surface area contributed by atoms with Gasteiger partial charge >= 0.3 is 0 Å². The fraction of sp³-hybridized carbons (Fsp3) is 0.125. The number of hydrogen-bond donors (Lipinski definition) is 1. The second-order valence-corrected chi connectivity index (χ2v) is 7.33. The van der Waals surface area contributed by atoms with Gasteiger partial charge in [0.05, 0.1) is 18.4 Å². The summed E-state index contributed by atoms with van der Waals surface area (Å²) in [7, 11) is 0. The van der Waals surface area contributed by atoms with Crippen LogP contribution in [0.25, 0.3) is 0 Å². The Kier molecular flexibility index (Phi) is 6.59. The third-order valence-corrected chi connectivity index (χ3v) is 5.04. The van der Waals surface area contributed by atoms with E-state index in [1.807, 2.05) is 72.8 Å². The molecule has 0 aliphatic carbocycles. The Labute approximate surface area is 185 Å². The lowest BCUT2D eigenvalue weighted by Crippen LogP contribution is -2.24. The van der Waals surface area contributed by atoms with E-state index in [0.29, 0.717) is 31.3 Å². The molecule has 2 aromatic heterocycles. The van der Waals surface area contributed by atoms with Gasteiger partial charge in [0.1, 0.15) is 11.6 Å². The first-order valence-electron chi connectivity index (χ1n) is 9.84. The second kappa shape index (κ2) is 9.91. The van der Waals surface area contributed by atoms with E-state index in [1.54, 1.807) is 12.4 Å². The molecular weight excluding hydrogens is 412 g/mol. The number of anilines is 1. The average Bonchev–Trinajstić information content (AvgIpc) is 2.82. The van der Waals surface area contributed by atoms with Crippen molar-refractivity contribution in [2.24, 2.45) is 0 Å². The van der Waals surface area contributed by atoms with E-state index in [-0.39, 0.29) is 10.6 Å². The standard InChI is InChI=1S/C24H21ClN4O2/c25-23-21(15-28-29(24(23)30)16-18-7-3-1-4-8-18)27-14-20-11-12-26-22(13-20)31-17-19-9-5-2-6-10-19/h1-13,15,27H,14,16-17H2. The zero-order valence-electron chi connectivity index (χ0n) is 16.7. The van der Waals surface area contributed by atoms with Crippen molar-refractivity contribution >= 4 is 17.3 Å². The molecule has 156 valence electrons. The molecule has 1 N–H and O–H groups in total. The molecule has 4 aromatic rings. The van der Waals surface area contributed by atoms with E-state index in [0.717, 1.165) is 16.7 Å². The summed E-state index contributed by atoms with van der Waals surface area (Å²) >= 11 is 6.31. The van der Waals surface area contributed by atoms with Gasteiger partial charge in [0.25, 0.3) is 5.56 Å². The maximum absolute atomic E-state index is 12.6. The monoisotopic (exact) mass is 432 g/mol. The van der Waals surface area contributed by atoms with Crippen LogP contribution < -0.4 is 15.6 Å². The van der Waals surface area contributed by atoms with Crippen molar-refractivity contribution in [1.82, 2.24) is 14.8 Å². The molecule has 2 aromatic carbocycles. The lowest BCUT2D eigenvalue weighted by atomic mass is 10.2. The van der Waals surface area contributed by atoms with E-state index in [9.17, 15) is 4.79 Å². The molecule has 0 bridgehead atoms. The maximum atomic E-state index is 12.6. The van der Waals surface area contributed by atoms with Crippen molar-refractivity contribution < 1.29 is 4.74 Å². The van der Waals surface area contributed by atoms with Crippen molar-refractivity contribution in [3.05, 3.63) is 117 Å². The average molecular weight is 433 g/mol. The van der Waals surface area contributed by atoms with E-state index in [1.165, 1.54) is 4.68 Å². The summed E-state index contributed by atoms with van der Waals surface area (Å²) in [6.45, 7) is 1.26. The van der Waals surface area contributed by atoms with Gasteiger partial charge < -0.3 is 10.1 Å². The summed E-state index contributed by atoms with van der Waals surface area (Å²) in [5, 5.41) is 7.53. The molecule has 0 saturated heterocycles. The minimum Gasteiger partial charge on any atom is -0.473 e. The van der Waals surface area contributed by atoms with Crippen LogP contribution in [0.2, 0.25) is 5.02 Å². The number of halogens is 1. The molecule has 0 unspecified atom stereocenters. The van der Waals surface area contributed by atoms with Crippen LogP contribution in [0, 0.1) is 0 Å². The molecule has 0 atom stereocenters. The zero-order chi connectivity index (χ0) is 21.5. The number of hydrogen-bond acceptors (Lipinski definition) is 5. The summed E-state index contributed by atoms with van der Waals surface area (Å²) < 4.78 is 7.12. The summed E-state index contributed by atoms with van der Waals surface area (Å²) in [6.07, 6.45) is 3.26. The molecule has 2 heterocycles. The SMILES string of the molecule is O=c1c(Cl)c(NCc2ccnc(OCc3ccccc3)c2)cnn1Cc1ccccc1. The molecule has 0 aliphatic rings. The van der Waals surface area contributed by atoms with Crippen LogP contribution in [-0.4, -0.2) is 14.8 Å². The number of pyridine rings is 1. The predicted molar refractivity (Wildman–Crippen MR) is 121 cm³/mol. The normalized spacial score (nSPS) is 10.6. The first-order chi connectivity index (χ1) is 15.2. The number of ether oxygens (including phenoxy) is 1. The topological polar surface area (TPSA) is 69.0 Å². The molecule has 7 heteroatoms. The third kappa shape index (κ3) is 5.49. The molecule has 0 fully saturated rings. The van der Waals surface area contributed by atoms with E-state index < -0.39 is 0 Å². The highest BCUT2D eigenvalue weighted by Crippen LogP contribution is 2.18. The van der Waals surface area contributed by atoms with Gasteiger partial charge in [-0.2, -0.15) is 5.10 Å². The Bertz CT molecular complexity index is 1200. The molecule has 0 spiro atoms. The number of benzene rings is 2. The molecule has 0 amide bonds. The third-order valence-electron chi connectivity index (χ3n) is 4.67. The molecule has 4 rings (SSSR count). The van der Waals surface area contributed by atoms with Gasteiger partial charge in [-0.1, -0.05) is 72.3 Å². The largest absolute Gasteiger partial charge is 0.473 e. The summed E-state index contributed by atoms with van der Waals surface area (Å²) in [5.41, 5.74) is 3.15. The van der Waals surface area contributed by atoms with Gasteiger partial charge in [-0.05, 0) is 22.8 Å². The van der Waals surface area contributed by atoms with Crippen molar-refractivity contribution in [3.8, 4) is 5.88 Å². The number of nitrogens with one attached hydrogen (secondary N) is 1. The van der Waals surface area contributed by atoms with Crippen molar-refractivity contribution in [2.75, 3.05) is 5.32 Å². The van der Waals surface area contributed by atoms with Crippen LogP contribution in [0.5, 0.6) is 5.88 Å². The first kappa shape index (κ1) is 20.6. The Balaban J connectivity index is 1.40. The highest BCUT2D eigenvalue weighted by Gasteiger charge is 2.10. The minimum atomic E-state index is -0.336. The summed E-state index contributed by atoms with van der Waals surface area (Å²) in [5.74, 6) is 0.533. The fourth-order valence-electron chi connectivity index (χ4n) is 3.03. The summed E-state index contributed by atoms with van der Waals surface area (Å²) in [4.78, 5) is 16.8.